The second-order valence-corrected chi connectivity index (χ2v) is 7.93. The van der Waals surface area contributed by atoms with E-state index in [9.17, 15) is 24.0 Å². The smallest absolute Gasteiger partial charge is 0.329 e. The summed E-state index contributed by atoms with van der Waals surface area (Å²) in [6.45, 7) is 4.27. The second-order valence-electron chi connectivity index (χ2n) is 7.93. The number of nitrogens with zero attached hydrogens (tertiary/aromatic N) is 1. The van der Waals surface area contributed by atoms with E-state index in [1.165, 1.54) is 26.8 Å². The number of ketones is 1. The third-order valence-electron chi connectivity index (χ3n) is 5.80. The second kappa shape index (κ2) is 8.77. The quantitative estimate of drug-likeness (QED) is 0.435. The van der Waals surface area contributed by atoms with E-state index in [1.807, 2.05) is 0 Å². The number of rotatable bonds is 6. The summed E-state index contributed by atoms with van der Waals surface area (Å²) in [5.41, 5.74) is 0.844. The summed E-state index contributed by atoms with van der Waals surface area (Å²) in [4.78, 5) is 62.7. The lowest BCUT2D eigenvalue weighted by atomic mass is 9.81. The Labute approximate surface area is 174 Å². The lowest BCUT2D eigenvalue weighted by Crippen LogP contribution is -2.46. The number of fused-ring (bicyclic) bond motifs is 1. The zero-order valence-corrected chi connectivity index (χ0v) is 17.3. The predicted molar refractivity (Wildman–Crippen MR) is 107 cm³/mol. The van der Waals surface area contributed by atoms with Crippen LogP contribution in [0.2, 0.25) is 0 Å². The first-order valence-corrected chi connectivity index (χ1v) is 10.2. The number of esters is 1. The number of carbonyl (C=O) groups is 5. The van der Waals surface area contributed by atoms with Gasteiger partial charge in [-0.05, 0) is 45.7 Å². The van der Waals surface area contributed by atoms with Crippen LogP contribution in [0.3, 0.4) is 0 Å². The van der Waals surface area contributed by atoms with Crippen molar-refractivity contribution in [2.75, 3.05) is 5.32 Å². The Morgan fingerprint density at radius 2 is 1.67 bits per heavy atom. The van der Waals surface area contributed by atoms with Crippen molar-refractivity contribution < 1.29 is 28.7 Å². The summed E-state index contributed by atoms with van der Waals surface area (Å²) in [5.74, 6) is -2.88. The molecule has 0 spiro atoms. The van der Waals surface area contributed by atoms with Crippen LogP contribution in [0, 0.1) is 11.8 Å². The molecule has 160 valence electrons. The fraction of sp³-hybridized carbons (Fsp3) is 0.500. The van der Waals surface area contributed by atoms with Crippen LogP contribution < -0.4 is 5.32 Å². The number of ether oxygens (including phenoxy) is 1. The highest BCUT2D eigenvalue weighted by molar-refractivity contribution is 6.08. The molecule has 30 heavy (non-hydrogen) atoms. The van der Waals surface area contributed by atoms with Gasteiger partial charge >= 0.3 is 5.97 Å². The normalized spacial score (nSPS) is 22.8. The SMILES string of the molecule is CC(=O)c1cccc(NC(=O)[C@@H](C)OC(=O)[C@H](C)N2C(=O)[C@H]3CCCC[C@H]3C2=O)c1. The van der Waals surface area contributed by atoms with Gasteiger partial charge in [0.15, 0.2) is 11.9 Å². The maximum absolute atomic E-state index is 12.6. The Hall–Kier alpha value is -3.03. The van der Waals surface area contributed by atoms with Crippen LogP contribution in [-0.4, -0.2) is 46.5 Å². The van der Waals surface area contributed by atoms with Gasteiger partial charge < -0.3 is 10.1 Å². The molecule has 2 aliphatic rings. The van der Waals surface area contributed by atoms with Crippen LogP contribution in [-0.2, 0) is 23.9 Å². The fourth-order valence-electron chi connectivity index (χ4n) is 4.06. The Kier molecular flexibility index (Phi) is 6.34. The molecule has 2 fully saturated rings. The maximum atomic E-state index is 12.6. The topological polar surface area (TPSA) is 110 Å². The van der Waals surface area contributed by atoms with Gasteiger partial charge in [0.1, 0.15) is 6.04 Å². The first-order chi connectivity index (χ1) is 14.2. The minimum absolute atomic E-state index is 0.139. The minimum Gasteiger partial charge on any atom is -0.451 e. The Morgan fingerprint density at radius 1 is 1.07 bits per heavy atom. The molecule has 1 aromatic carbocycles. The minimum atomic E-state index is -1.14. The number of Topliss-reactive ketones (excluding diaryl/α,β-unsaturated/α-hetero) is 1. The van der Waals surface area contributed by atoms with Crippen molar-refractivity contribution in [1.82, 2.24) is 4.90 Å². The molecule has 4 atom stereocenters. The average Bonchev–Trinajstić information content (AvgIpc) is 2.98. The van der Waals surface area contributed by atoms with Gasteiger partial charge in [-0.1, -0.05) is 25.0 Å². The van der Waals surface area contributed by atoms with E-state index < -0.39 is 24.0 Å². The molecule has 1 aliphatic carbocycles. The number of hydrogen-bond donors (Lipinski definition) is 1. The first-order valence-electron chi connectivity index (χ1n) is 10.2. The zero-order valence-electron chi connectivity index (χ0n) is 17.3. The fourth-order valence-corrected chi connectivity index (χ4v) is 4.06. The summed E-state index contributed by atoms with van der Waals surface area (Å²) in [6.07, 6.45) is 1.97. The number of benzene rings is 1. The largest absolute Gasteiger partial charge is 0.451 e. The van der Waals surface area contributed by atoms with Gasteiger partial charge in [-0.2, -0.15) is 0 Å². The van der Waals surface area contributed by atoms with Crippen LogP contribution in [0.15, 0.2) is 24.3 Å². The molecule has 0 aromatic heterocycles. The van der Waals surface area contributed by atoms with Gasteiger partial charge in [0.2, 0.25) is 11.8 Å². The summed E-state index contributed by atoms with van der Waals surface area (Å²) >= 11 is 0. The lowest BCUT2D eigenvalue weighted by Gasteiger charge is -2.23. The third kappa shape index (κ3) is 4.27. The van der Waals surface area contributed by atoms with Crippen LogP contribution >= 0.6 is 0 Å². The van der Waals surface area contributed by atoms with Crippen LogP contribution in [0.1, 0.15) is 56.8 Å². The molecule has 1 aromatic rings. The molecule has 0 radical (unpaired) electrons. The summed E-state index contributed by atoms with van der Waals surface area (Å²) < 4.78 is 5.22. The monoisotopic (exact) mass is 414 g/mol. The molecule has 1 heterocycles. The predicted octanol–water partition coefficient (Wildman–Crippen LogP) is 2.32. The first kappa shape index (κ1) is 21.7. The molecule has 1 aliphatic heterocycles. The van der Waals surface area contributed by atoms with Gasteiger partial charge in [-0.25, -0.2) is 4.79 Å². The summed E-state index contributed by atoms with van der Waals surface area (Å²) in [6, 6.07) is 5.32. The Bertz CT molecular complexity index is 871. The van der Waals surface area contributed by atoms with E-state index in [0.717, 1.165) is 17.7 Å². The average molecular weight is 414 g/mol. The van der Waals surface area contributed by atoms with Gasteiger partial charge in [0.25, 0.3) is 5.91 Å². The number of nitrogens with one attached hydrogen (secondary N) is 1. The van der Waals surface area contributed by atoms with Crippen molar-refractivity contribution in [1.29, 1.82) is 0 Å². The van der Waals surface area contributed by atoms with Gasteiger partial charge in [0.05, 0.1) is 11.8 Å². The van der Waals surface area contributed by atoms with Crippen LogP contribution in [0.5, 0.6) is 0 Å². The highest BCUT2D eigenvalue weighted by Crippen LogP contribution is 2.38. The molecule has 1 N–H and O–H groups in total. The maximum Gasteiger partial charge on any atom is 0.329 e. The van der Waals surface area contributed by atoms with Gasteiger partial charge in [-0.3, -0.25) is 24.1 Å². The molecule has 8 heteroatoms. The molecule has 3 amide bonds. The standard InChI is InChI=1S/C22H26N2O6/c1-12(24-20(27)17-9-4-5-10-18(17)21(24)28)22(29)30-14(3)19(26)23-16-8-6-7-15(11-16)13(2)25/h6-8,11-12,14,17-18H,4-5,9-10H2,1-3H3,(H,23,26)/t12-,14+,17-,18+/m0/s1. The van der Waals surface area contributed by atoms with Crippen molar-refractivity contribution in [2.45, 2.75) is 58.6 Å². The van der Waals surface area contributed by atoms with Crippen molar-refractivity contribution in [2.24, 2.45) is 11.8 Å². The highest BCUT2D eigenvalue weighted by atomic mass is 16.5. The highest BCUT2D eigenvalue weighted by Gasteiger charge is 2.51. The molecule has 0 bridgehead atoms. The van der Waals surface area contributed by atoms with E-state index in [0.29, 0.717) is 24.1 Å². The number of amides is 3. The lowest BCUT2D eigenvalue weighted by molar-refractivity contribution is -0.163. The Morgan fingerprint density at radius 3 is 2.23 bits per heavy atom. The molecular weight excluding hydrogens is 388 g/mol. The molecule has 1 saturated heterocycles. The van der Waals surface area contributed by atoms with Crippen LogP contribution in [0.4, 0.5) is 5.69 Å². The van der Waals surface area contributed by atoms with Crippen molar-refractivity contribution in [3.63, 3.8) is 0 Å². The van der Waals surface area contributed by atoms with Crippen molar-refractivity contribution >= 4 is 35.2 Å². The van der Waals surface area contributed by atoms with E-state index in [2.05, 4.69) is 5.32 Å². The van der Waals surface area contributed by atoms with Crippen molar-refractivity contribution in [3.8, 4) is 0 Å². The van der Waals surface area contributed by atoms with E-state index in [-0.39, 0.29) is 29.4 Å². The van der Waals surface area contributed by atoms with Crippen molar-refractivity contribution in [3.05, 3.63) is 29.8 Å². The molecule has 3 rings (SSSR count). The molecule has 0 unspecified atom stereocenters. The number of hydrogen-bond acceptors (Lipinski definition) is 6. The number of carbonyl (C=O) groups excluding carboxylic acids is 5. The molecule has 1 saturated carbocycles. The van der Waals surface area contributed by atoms with E-state index in [1.54, 1.807) is 18.2 Å². The number of imide groups is 1. The summed E-state index contributed by atoms with van der Waals surface area (Å²) in [5, 5.41) is 2.59. The number of anilines is 1. The summed E-state index contributed by atoms with van der Waals surface area (Å²) in [7, 11) is 0. The van der Waals surface area contributed by atoms with Crippen LogP contribution in [0.25, 0.3) is 0 Å². The molecular formula is C22H26N2O6. The van der Waals surface area contributed by atoms with E-state index >= 15 is 0 Å². The molecule has 8 nitrogen and oxygen atoms in total. The zero-order chi connectivity index (χ0) is 22.0. The van der Waals surface area contributed by atoms with E-state index in [4.69, 9.17) is 4.74 Å². The number of likely N-dealkylation sites (tertiary alicyclic amines) is 1. The Balaban J connectivity index is 1.61. The van der Waals surface area contributed by atoms with Gasteiger partial charge in [-0.15, -0.1) is 0 Å². The van der Waals surface area contributed by atoms with Gasteiger partial charge in [0, 0.05) is 11.3 Å². The third-order valence-corrected chi connectivity index (χ3v) is 5.80.